The number of halogens is 3. The minimum atomic E-state index is -4.41. The number of nitriles is 1. The molecule has 0 spiro atoms. The summed E-state index contributed by atoms with van der Waals surface area (Å²) in [7, 11) is 0. The molecule has 0 saturated heterocycles. The highest BCUT2D eigenvalue weighted by Gasteiger charge is 2.48. The van der Waals surface area contributed by atoms with Gasteiger partial charge in [0.2, 0.25) is 5.91 Å². The van der Waals surface area contributed by atoms with E-state index in [1.807, 2.05) is 6.07 Å². The van der Waals surface area contributed by atoms with E-state index in [1.54, 1.807) is 0 Å². The second kappa shape index (κ2) is 4.32. The van der Waals surface area contributed by atoms with Crippen molar-refractivity contribution in [2.24, 2.45) is 5.41 Å². The summed E-state index contributed by atoms with van der Waals surface area (Å²) in [4.78, 5) is 12.5. The lowest BCUT2D eigenvalue weighted by molar-refractivity contribution is -0.168. The molecule has 16 heavy (non-hydrogen) atoms. The molecule has 90 valence electrons. The molecule has 0 heterocycles. The number of carbonyl (C=O) groups excluding carboxylic acids is 1. The van der Waals surface area contributed by atoms with Crippen molar-refractivity contribution in [1.29, 1.82) is 5.26 Å². The number of alkyl halides is 3. The number of hydrogen-bond acceptors (Lipinski definition) is 2. The van der Waals surface area contributed by atoms with E-state index in [4.69, 9.17) is 5.26 Å². The monoisotopic (exact) mass is 234 g/mol. The van der Waals surface area contributed by atoms with Gasteiger partial charge in [-0.15, -0.1) is 0 Å². The van der Waals surface area contributed by atoms with Crippen LogP contribution in [0.3, 0.4) is 0 Å². The normalized spacial score (nSPS) is 18.4. The van der Waals surface area contributed by atoms with Gasteiger partial charge in [0.15, 0.2) is 0 Å². The summed E-state index contributed by atoms with van der Waals surface area (Å²) in [5, 5.41) is 8.87. The molecule has 3 nitrogen and oxygen atoms in total. The molecular formula is C10H13F3N2O. The van der Waals surface area contributed by atoms with Crippen LogP contribution in [0.2, 0.25) is 0 Å². The van der Waals surface area contributed by atoms with E-state index in [0.29, 0.717) is 17.7 Å². The van der Waals surface area contributed by atoms with E-state index in [0.717, 1.165) is 6.42 Å². The highest BCUT2D eigenvalue weighted by Crippen LogP contribution is 2.42. The van der Waals surface area contributed by atoms with Crippen LogP contribution in [-0.2, 0) is 4.79 Å². The largest absolute Gasteiger partial charge is 0.406 e. The lowest BCUT2D eigenvalue weighted by Gasteiger charge is -2.37. The predicted octanol–water partition coefficient (Wildman–Crippen LogP) is 2.09. The second-order valence-corrected chi connectivity index (χ2v) is 3.98. The molecule has 1 aliphatic carbocycles. The standard InChI is InChI=1S/C10H13F3N2O/c1-2-15(7-10(11,12)13)8(16)9(6-14)4-3-5-9/h2-5,7H2,1H3. The van der Waals surface area contributed by atoms with Crippen LogP contribution < -0.4 is 0 Å². The van der Waals surface area contributed by atoms with E-state index in [-0.39, 0.29) is 6.54 Å². The molecule has 0 aromatic carbocycles. The van der Waals surface area contributed by atoms with Gasteiger partial charge in [-0.3, -0.25) is 4.79 Å². The minimum Gasteiger partial charge on any atom is -0.332 e. The topological polar surface area (TPSA) is 44.1 Å². The van der Waals surface area contributed by atoms with Crippen LogP contribution in [0.5, 0.6) is 0 Å². The average Bonchev–Trinajstić information content (AvgIpc) is 2.11. The smallest absolute Gasteiger partial charge is 0.332 e. The lowest BCUT2D eigenvalue weighted by Crippen LogP contribution is -2.49. The number of carbonyl (C=O) groups is 1. The van der Waals surface area contributed by atoms with Crippen LogP contribution in [0.25, 0.3) is 0 Å². The molecule has 1 aliphatic rings. The van der Waals surface area contributed by atoms with Crippen molar-refractivity contribution in [2.75, 3.05) is 13.1 Å². The molecule has 1 fully saturated rings. The lowest BCUT2D eigenvalue weighted by atomic mass is 9.69. The number of rotatable bonds is 3. The van der Waals surface area contributed by atoms with Crippen LogP contribution >= 0.6 is 0 Å². The molecule has 6 heteroatoms. The Bertz CT molecular complexity index is 315. The van der Waals surface area contributed by atoms with Gasteiger partial charge in [-0.25, -0.2) is 0 Å². The van der Waals surface area contributed by atoms with E-state index >= 15 is 0 Å². The van der Waals surface area contributed by atoms with E-state index in [9.17, 15) is 18.0 Å². The molecule has 0 aliphatic heterocycles. The average molecular weight is 234 g/mol. The molecule has 0 aromatic rings. The molecule has 1 amide bonds. The highest BCUT2D eigenvalue weighted by molar-refractivity contribution is 5.86. The molecule has 0 aromatic heterocycles. The molecule has 1 rings (SSSR count). The Morgan fingerprint density at radius 2 is 2.06 bits per heavy atom. The Balaban J connectivity index is 2.74. The van der Waals surface area contributed by atoms with Crippen LogP contribution in [0.1, 0.15) is 26.2 Å². The zero-order valence-corrected chi connectivity index (χ0v) is 8.97. The van der Waals surface area contributed by atoms with E-state index in [1.165, 1.54) is 6.92 Å². The van der Waals surface area contributed by atoms with Gasteiger partial charge < -0.3 is 4.90 Å². The summed E-state index contributed by atoms with van der Waals surface area (Å²) in [5.41, 5.74) is -1.19. The molecule has 1 saturated carbocycles. The van der Waals surface area contributed by atoms with E-state index in [2.05, 4.69) is 0 Å². The van der Waals surface area contributed by atoms with Crippen molar-refractivity contribution in [3.8, 4) is 6.07 Å². The zero-order chi connectivity index (χ0) is 12.4. The first-order valence-corrected chi connectivity index (χ1v) is 5.12. The van der Waals surface area contributed by atoms with Crippen LogP contribution in [0.4, 0.5) is 13.2 Å². The quantitative estimate of drug-likeness (QED) is 0.750. The Labute approximate surface area is 91.8 Å². The van der Waals surface area contributed by atoms with Gasteiger partial charge >= 0.3 is 6.18 Å². The maximum atomic E-state index is 12.2. The van der Waals surface area contributed by atoms with Gasteiger partial charge in [0.25, 0.3) is 0 Å². The number of amides is 1. The fourth-order valence-electron chi connectivity index (χ4n) is 1.75. The van der Waals surface area contributed by atoms with Gasteiger partial charge in [0.05, 0.1) is 6.07 Å². The zero-order valence-electron chi connectivity index (χ0n) is 8.97. The van der Waals surface area contributed by atoms with Crippen molar-refractivity contribution >= 4 is 5.91 Å². The van der Waals surface area contributed by atoms with Crippen molar-refractivity contribution in [3.05, 3.63) is 0 Å². The maximum Gasteiger partial charge on any atom is 0.406 e. The minimum absolute atomic E-state index is 0.0260. The Morgan fingerprint density at radius 3 is 2.31 bits per heavy atom. The van der Waals surface area contributed by atoms with Crippen molar-refractivity contribution in [1.82, 2.24) is 4.90 Å². The first-order chi connectivity index (χ1) is 7.34. The van der Waals surface area contributed by atoms with Crippen molar-refractivity contribution in [3.63, 3.8) is 0 Å². The van der Waals surface area contributed by atoms with Gasteiger partial charge in [-0.1, -0.05) is 0 Å². The third-order valence-corrected chi connectivity index (χ3v) is 2.87. The third-order valence-electron chi connectivity index (χ3n) is 2.87. The second-order valence-electron chi connectivity index (χ2n) is 3.98. The van der Waals surface area contributed by atoms with Gasteiger partial charge in [0, 0.05) is 6.54 Å². The van der Waals surface area contributed by atoms with Crippen LogP contribution in [0, 0.1) is 16.7 Å². The van der Waals surface area contributed by atoms with Crippen LogP contribution in [0.15, 0.2) is 0 Å². The SMILES string of the molecule is CCN(CC(F)(F)F)C(=O)C1(C#N)CCC1. The van der Waals surface area contributed by atoms with Gasteiger partial charge in [-0.05, 0) is 26.2 Å². The molecule has 0 radical (unpaired) electrons. The van der Waals surface area contributed by atoms with E-state index < -0.39 is 24.0 Å². The third kappa shape index (κ3) is 2.46. The Morgan fingerprint density at radius 1 is 1.50 bits per heavy atom. The Hall–Kier alpha value is -1.25. The Kier molecular flexibility index (Phi) is 3.46. The molecule has 0 bridgehead atoms. The van der Waals surface area contributed by atoms with Crippen molar-refractivity contribution < 1.29 is 18.0 Å². The molecule has 0 N–H and O–H groups in total. The summed E-state index contributed by atoms with van der Waals surface area (Å²) in [6.07, 6.45) is -2.94. The van der Waals surface area contributed by atoms with Gasteiger partial charge in [-0.2, -0.15) is 18.4 Å². The van der Waals surface area contributed by atoms with Crippen molar-refractivity contribution in [2.45, 2.75) is 32.4 Å². The summed E-state index contributed by atoms with van der Waals surface area (Å²) in [6.45, 7) is 0.181. The first kappa shape index (κ1) is 12.8. The first-order valence-electron chi connectivity index (χ1n) is 5.12. The summed E-state index contributed by atoms with van der Waals surface area (Å²) in [6, 6.07) is 1.86. The van der Waals surface area contributed by atoms with Gasteiger partial charge in [0.1, 0.15) is 12.0 Å². The fourth-order valence-corrected chi connectivity index (χ4v) is 1.75. The number of nitrogens with zero attached hydrogens (tertiary/aromatic N) is 2. The summed E-state index contributed by atoms with van der Waals surface area (Å²) in [5.74, 6) is -0.680. The molecular weight excluding hydrogens is 221 g/mol. The molecule has 0 atom stereocenters. The maximum absolute atomic E-state index is 12.2. The summed E-state index contributed by atoms with van der Waals surface area (Å²) < 4.78 is 36.6. The fraction of sp³-hybridized carbons (Fsp3) is 0.800. The summed E-state index contributed by atoms with van der Waals surface area (Å²) >= 11 is 0. The molecule has 0 unspecified atom stereocenters. The highest BCUT2D eigenvalue weighted by atomic mass is 19.4. The number of hydrogen-bond donors (Lipinski definition) is 0. The predicted molar refractivity (Wildman–Crippen MR) is 50.2 cm³/mol. The van der Waals surface area contributed by atoms with Crippen LogP contribution in [-0.4, -0.2) is 30.1 Å².